The van der Waals surface area contributed by atoms with Crippen molar-refractivity contribution in [2.75, 3.05) is 26.7 Å². The molecule has 2 saturated heterocycles. The number of para-hydroxylation sites is 1. The smallest absolute Gasteiger partial charge is 0.222 e. The van der Waals surface area contributed by atoms with Gasteiger partial charge in [-0.25, -0.2) is 0 Å². The fourth-order valence-electron chi connectivity index (χ4n) is 5.20. The Morgan fingerprint density at radius 1 is 1.19 bits per heavy atom. The van der Waals surface area contributed by atoms with E-state index in [1.165, 1.54) is 61.7 Å². The van der Waals surface area contributed by atoms with E-state index < -0.39 is 0 Å². The fourth-order valence-corrected chi connectivity index (χ4v) is 5.20. The number of rotatable bonds is 6. The van der Waals surface area contributed by atoms with Gasteiger partial charge in [-0.1, -0.05) is 24.6 Å². The number of piperidine rings is 2. The van der Waals surface area contributed by atoms with Crippen LogP contribution in [0.15, 0.2) is 30.5 Å². The number of hydrogen-bond donors (Lipinski definition) is 1. The molecule has 1 amide bonds. The number of amides is 1. The standard InChI is InChI=1S/C23H33N3O/c1-25(17-19-9-7-15-26-14-5-4-12-22(19)26)23(27)13-6-8-18-16-24-21-11-3-2-10-20(18)21/h2-3,10-11,16,19,22,24H,4-9,12-15,17H2,1H3/t19-,22-/m1/s1. The summed E-state index contributed by atoms with van der Waals surface area (Å²) in [5.74, 6) is 0.976. The van der Waals surface area contributed by atoms with Gasteiger partial charge in [-0.05, 0) is 69.2 Å². The van der Waals surface area contributed by atoms with Gasteiger partial charge in [-0.3, -0.25) is 4.79 Å². The molecule has 4 rings (SSSR count). The van der Waals surface area contributed by atoms with Crippen LogP contribution in [0.5, 0.6) is 0 Å². The third-order valence-corrected chi connectivity index (χ3v) is 6.67. The van der Waals surface area contributed by atoms with E-state index in [9.17, 15) is 4.79 Å². The van der Waals surface area contributed by atoms with Gasteiger partial charge >= 0.3 is 0 Å². The normalized spacial score (nSPS) is 23.3. The zero-order chi connectivity index (χ0) is 18.6. The van der Waals surface area contributed by atoms with Crippen molar-refractivity contribution in [3.05, 3.63) is 36.0 Å². The highest BCUT2D eigenvalue weighted by molar-refractivity contribution is 5.83. The van der Waals surface area contributed by atoms with Crippen LogP contribution in [-0.2, 0) is 11.2 Å². The maximum absolute atomic E-state index is 12.7. The summed E-state index contributed by atoms with van der Waals surface area (Å²) in [6.07, 6.45) is 11.3. The van der Waals surface area contributed by atoms with Gasteiger partial charge in [0.25, 0.3) is 0 Å². The van der Waals surface area contributed by atoms with Crippen LogP contribution in [0.3, 0.4) is 0 Å². The molecule has 2 atom stereocenters. The second-order valence-corrected chi connectivity index (χ2v) is 8.49. The first-order valence-corrected chi connectivity index (χ1v) is 10.8. The number of benzene rings is 1. The Hall–Kier alpha value is -1.81. The van der Waals surface area contributed by atoms with E-state index in [1.54, 1.807) is 0 Å². The third-order valence-electron chi connectivity index (χ3n) is 6.67. The van der Waals surface area contributed by atoms with Gasteiger partial charge in [0.15, 0.2) is 0 Å². The topological polar surface area (TPSA) is 39.3 Å². The summed E-state index contributed by atoms with van der Waals surface area (Å²) in [4.78, 5) is 20.7. The maximum atomic E-state index is 12.7. The zero-order valence-electron chi connectivity index (χ0n) is 16.6. The molecular weight excluding hydrogens is 334 g/mol. The van der Waals surface area contributed by atoms with Crippen LogP contribution in [0.2, 0.25) is 0 Å². The Balaban J connectivity index is 1.26. The molecular formula is C23H33N3O. The lowest BCUT2D eigenvalue weighted by Gasteiger charge is -2.45. The van der Waals surface area contributed by atoms with Gasteiger partial charge in [0.1, 0.15) is 0 Å². The number of carbonyl (C=O) groups excluding carboxylic acids is 1. The molecule has 0 spiro atoms. The molecule has 4 heteroatoms. The largest absolute Gasteiger partial charge is 0.361 e. The minimum atomic E-state index is 0.308. The predicted molar refractivity (Wildman–Crippen MR) is 111 cm³/mol. The quantitative estimate of drug-likeness (QED) is 0.830. The summed E-state index contributed by atoms with van der Waals surface area (Å²) in [7, 11) is 2.01. The van der Waals surface area contributed by atoms with Crippen LogP contribution >= 0.6 is 0 Å². The Kier molecular flexibility index (Phi) is 5.82. The summed E-state index contributed by atoms with van der Waals surface area (Å²) in [5, 5.41) is 1.29. The molecule has 4 nitrogen and oxygen atoms in total. The maximum Gasteiger partial charge on any atom is 0.222 e. The van der Waals surface area contributed by atoms with Gasteiger partial charge in [0.05, 0.1) is 0 Å². The number of carbonyl (C=O) groups is 1. The lowest BCUT2D eigenvalue weighted by molar-refractivity contribution is -0.131. The van der Waals surface area contributed by atoms with E-state index in [0.29, 0.717) is 24.3 Å². The number of aryl methyl sites for hydroxylation is 1. The summed E-state index contributed by atoms with van der Waals surface area (Å²) in [5.41, 5.74) is 2.51. The number of H-pyrrole nitrogens is 1. The summed E-state index contributed by atoms with van der Waals surface area (Å²) < 4.78 is 0. The van der Waals surface area contributed by atoms with E-state index in [-0.39, 0.29) is 0 Å². The molecule has 3 heterocycles. The molecule has 1 aromatic heterocycles. The molecule has 2 aliphatic rings. The van der Waals surface area contributed by atoms with Crippen molar-refractivity contribution >= 4 is 16.8 Å². The van der Waals surface area contributed by atoms with Crippen LogP contribution in [0, 0.1) is 5.92 Å². The van der Waals surface area contributed by atoms with Gasteiger partial charge < -0.3 is 14.8 Å². The van der Waals surface area contributed by atoms with Crippen LogP contribution in [-0.4, -0.2) is 53.4 Å². The highest BCUT2D eigenvalue weighted by Gasteiger charge is 2.33. The first kappa shape index (κ1) is 18.5. The number of fused-ring (bicyclic) bond motifs is 2. The highest BCUT2D eigenvalue weighted by Crippen LogP contribution is 2.31. The first-order chi connectivity index (χ1) is 13.2. The van der Waals surface area contributed by atoms with E-state index in [0.717, 1.165) is 19.4 Å². The highest BCUT2D eigenvalue weighted by atomic mass is 16.2. The molecule has 2 fully saturated rings. The summed E-state index contributed by atoms with van der Waals surface area (Å²) in [6, 6.07) is 9.12. The summed E-state index contributed by atoms with van der Waals surface area (Å²) in [6.45, 7) is 3.47. The molecule has 0 saturated carbocycles. The number of aromatic amines is 1. The molecule has 27 heavy (non-hydrogen) atoms. The van der Waals surface area contributed by atoms with Crippen molar-refractivity contribution in [1.82, 2.24) is 14.8 Å². The first-order valence-electron chi connectivity index (χ1n) is 10.8. The number of nitrogens with zero attached hydrogens (tertiary/aromatic N) is 2. The van der Waals surface area contributed by atoms with Crippen molar-refractivity contribution in [2.24, 2.45) is 5.92 Å². The number of nitrogens with one attached hydrogen (secondary N) is 1. The van der Waals surface area contributed by atoms with Gasteiger partial charge in [0, 0.05) is 43.2 Å². The lowest BCUT2D eigenvalue weighted by atomic mass is 9.83. The average Bonchev–Trinajstić information content (AvgIpc) is 3.11. The predicted octanol–water partition coefficient (Wildman–Crippen LogP) is 4.21. The fraction of sp³-hybridized carbons (Fsp3) is 0.609. The Morgan fingerprint density at radius 2 is 2.04 bits per heavy atom. The minimum Gasteiger partial charge on any atom is -0.361 e. The monoisotopic (exact) mass is 367 g/mol. The van der Waals surface area contributed by atoms with Crippen molar-refractivity contribution in [3.63, 3.8) is 0 Å². The molecule has 0 aliphatic carbocycles. The Morgan fingerprint density at radius 3 is 2.96 bits per heavy atom. The van der Waals surface area contributed by atoms with E-state index in [4.69, 9.17) is 0 Å². The van der Waals surface area contributed by atoms with E-state index in [1.807, 2.05) is 11.9 Å². The Bertz CT molecular complexity index is 766. The SMILES string of the molecule is CN(C[C@H]1CCCN2CCCC[C@H]12)C(=O)CCCc1c[nH]c2ccccc12. The van der Waals surface area contributed by atoms with Crippen LogP contribution in [0.1, 0.15) is 50.5 Å². The molecule has 146 valence electrons. The van der Waals surface area contributed by atoms with Gasteiger partial charge in [-0.15, -0.1) is 0 Å². The van der Waals surface area contributed by atoms with Crippen molar-refractivity contribution in [2.45, 2.75) is 57.4 Å². The zero-order valence-corrected chi connectivity index (χ0v) is 16.6. The third kappa shape index (κ3) is 4.21. The lowest BCUT2D eigenvalue weighted by Crippen LogP contribution is -2.51. The number of aromatic nitrogens is 1. The van der Waals surface area contributed by atoms with Crippen molar-refractivity contribution < 1.29 is 4.79 Å². The van der Waals surface area contributed by atoms with Gasteiger partial charge in [-0.2, -0.15) is 0 Å². The molecule has 2 aromatic rings. The molecule has 2 aliphatic heterocycles. The van der Waals surface area contributed by atoms with Gasteiger partial charge in [0.2, 0.25) is 5.91 Å². The van der Waals surface area contributed by atoms with Crippen LogP contribution in [0.4, 0.5) is 0 Å². The summed E-state index contributed by atoms with van der Waals surface area (Å²) >= 11 is 0. The average molecular weight is 368 g/mol. The van der Waals surface area contributed by atoms with E-state index in [2.05, 4.69) is 40.3 Å². The molecule has 1 N–H and O–H groups in total. The van der Waals surface area contributed by atoms with Crippen LogP contribution in [0.25, 0.3) is 10.9 Å². The molecule has 0 bridgehead atoms. The molecule has 0 radical (unpaired) electrons. The Labute approximate surface area is 162 Å². The van der Waals surface area contributed by atoms with Crippen LogP contribution < -0.4 is 0 Å². The van der Waals surface area contributed by atoms with Crippen molar-refractivity contribution in [1.29, 1.82) is 0 Å². The molecule has 0 unspecified atom stereocenters. The second kappa shape index (κ2) is 8.47. The van der Waals surface area contributed by atoms with Crippen molar-refractivity contribution in [3.8, 4) is 0 Å². The second-order valence-electron chi connectivity index (χ2n) is 8.49. The minimum absolute atomic E-state index is 0.308. The van der Waals surface area contributed by atoms with E-state index >= 15 is 0 Å². The molecule has 1 aromatic carbocycles. The number of hydrogen-bond acceptors (Lipinski definition) is 2.